The van der Waals surface area contributed by atoms with Gasteiger partial charge in [0.25, 0.3) is 0 Å². The summed E-state index contributed by atoms with van der Waals surface area (Å²) >= 11 is 0. The Balaban J connectivity index is 0.000000578. The van der Waals surface area contributed by atoms with E-state index in [2.05, 4.69) is 314 Å². The molecule has 0 radical (unpaired) electrons. The molecule has 6 aromatic heterocycles. The van der Waals surface area contributed by atoms with Gasteiger partial charge in [-0.25, -0.2) is 39.7 Å². The van der Waals surface area contributed by atoms with Crippen LogP contribution in [0.4, 0.5) is 0 Å². The van der Waals surface area contributed by atoms with Crippen LogP contribution >= 0.6 is 0 Å². The first-order chi connectivity index (χ1) is 47.0. The number of aliphatic imine (C=N–C) groups is 3. The van der Waals surface area contributed by atoms with Crippen LogP contribution in [0.15, 0.2) is 130 Å². The molecule has 4 aliphatic heterocycles. The van der Waals surface area contributed by atoms with Crippen LogP contribution in [-0.4, -0.2) is 97.4 Å². The van der Waals surface area contributed by atoms with Gasteiger partial charge >= 0.3 is 5.97 Å². The van der Waals surface area contributed by atoms with Gasteiger partial charge in [0.15, 0.2) is 0 Å². The van der Waals surface area contributed by atoms with Gasteiger partial charge in [0.05, 0.1) is 18.8 Å². The molecule has 0 aromatic carbocycles. The molecular weight excluding hydrogens is 1290 g/mol. The Hall–Kier alpha value is -7.75. The number of carbonyl (C=O) groups excluding carboxylic acids is 1. The number of imidazole rings is 1. The van der Waals surface area contributed by atoms with Crippen molar-refractivity contribution in [1.29, 1.82) is 0 Å². The highest BCUT2D eigenvalue weighted by Gasteiger charge is 2.29. The lowest BCUT2D eigenvalue weighted by Crippen LogP contribution is -2.25. The fourth-order valence-corrected chi connectivity index (χ4v) is 9.73. The zero-order valence-corrected chi connectivity index (χ0v) is 72.6. The van der Waals surface area contributed by atoms with E-state index in [1.807, 2.05) is 111 Å². The van der Waals surface area contributed by atoms with Gasteiger partial charge in [-0.1, -0.05) is 226 Å². The molecule has 0 aliphatic carbocycles. The average molecular weight is 1430 g/mol. The van der Waals surface area contributed by atoms with Crippen LogP contribution in [0.5, 0.6) is 0 Å². The van der Waals surface area contributed by atoms with Gasteiger partial charge in [0.2, 0.25) is 0 Å². The number of aryl methyl sites for hydroxylation is 6. The van der Waals surface area contributed by atoms with Crippen molar-refractivity contribution in [1.82, 2.24) is 55.1 Å². The molecule has 0 saturated heterocycles. The maximum absolute atomic E-state index is 10.6. The molecule has 16 heteroatoms. The Morgan fingerprint density at radius 3 is 1.21 bits per heavy atom. The Morgan fingerprint density at radius 2 is 0.962 bits per heavy atom. The Morgan fingerprint density at radius 1 is 0.452 bits per heavy atom. The minimum Gasteiger partial charge on any atom is -0.454 e. The zero-order valence-electron chi connectivity index (χ0n) is 72.6. The van der Waals surface area contributed by atoms with Crippen molar-refractivity contribution in [2.45, 2.75) is 315 Å². The number of rotatable bonds is 0. The minimum atomic E-state index is -0.222. The Bertz CT molecular complexity index is 3530. The summed E-state index contributed by atoms with van der Waals surface area (Å²) in [6.07, 6.45) is 20.0. The number of hydrogen-bond donors (Lipinski definition) is 2. The van der Waals surface area contributed by atoms with Crippen molar-refractivity contribution in [3.05, 3.63) is 183 Å². The second-order valence-corrected chi connectivity index (χ2v) is 37.6. The summed E-state index contributed by atoms with van der Waals surface area (Å²) in [6, 6.07) is 12.2. The number of aromatic nitrogens is 11. The smallest absolute Gasteiger partial charge is 0.331 e. The van der Waals surface area contributed by atoms with Gasteiger partial charge in [0, 0.05) is 138 Å². The van der Waals surface area contributed by atoms with Crippen LogP contribution in [0, 0.1) is 63.2 Å². The van der Waals surface area contributed by atoms with Crippen molar-refractivity contribution >= 4 is 23.1 Å². The second-order valence-electron chi connectivity index (χ2n) is 37.6. The number of nitrogens with one attached hydrogen (secondary N) is 2. The summed E-state index contributed by atoms with van der Waals surface area (Å²) in [5.41, 5.74) is 19.7. The zero-order chi connectivity index (χ0) is 80.6. The van der Waals surface area contributed by atoms with Gasteiger partial charge in [-0.05, 0) is 138 Å². The lowest BCUT2D eigenvalue weighted by atomic mass is 9.84. The van der Waals surface area contributed by atoms with Gasteiger partial charge < -0.3 is 9.72 Å². The van der Waals surface area contributed by atoms with E-state index >= 15 is 0 Å². The normalized spacial score (nSPS) is 15.1. The lowest BCUT2D eigenvalue weighted by molar-refractivity contribution is -0.142. The molecule has 4 aliphatic rings. The largest absolute Gasteiger partial charge is 0.454 e. The van der Waals surface area contributed by atoms with E-state index < -0.39 is 0 Å². The quantitative estimate of drug-likeness (QED) is 0.137. The third-order valence-corrected chi connectivity index (χ3v) is 16.1. The fraction of sp³-hybridized carbons (Fsp3) is 0.602. The summed E-state index contributed by atoms with van der Waals surface area (Å²) in [5, 5.41) is 7.09. The Labute approximate surface area is 632 Å². The molecule has 0 amide bonds. The number of allylic oxidation sites excluding steroid dienone is 4. The predicted molar refractivity (Wildman–Crippen MR) is 443 cm³/mol. The van der Waals surface area contributed by atoms with E-state index in [0.717, 1.165) is 76.8 Å². The summed E-state index contributed by atoms with van der Waals surface area (Å²) in [5.74, 6) is 2.53. The van der Waals surface area contributed by atoms with Crippen LogP contribution in [0.25, 0.3) is 0 Å². The molecule has 0 spiro atoms. The number of pyridine rings is 1. The van der Waals surface area contributed by atoms with Crippen LogP contribution in [0.2, 0.25) is 0 Å². The van der Waals surface area contributed by atoms with E-state index in [0.29, 0.717) is 0 Å². The molecule has 576 valence electrons. The lowest BCUT2D eigenvalue weighted by Gasteiger charge is -2.23. The van der Waals surface area contributed by atoms with Crippen molar-refractivity contribution in [2.24, 2.45) is 36.6 Å². The maximum atomic E-state index is 10.6. The molecular formula is C88H142N14O2. The number of esters is 1. The van der Waals surface area contributed by atoms with Crippen molar-refractivity contribution in [3.8, 4) is 0 Å². The molecule has 1 atom stereocenters. The molecule has 10 heterocycles. The maximum Gasteiger partial charge on any atom is 0.331 e. The highest BCUT2D eigenvalue weighted by atomic mass is 16.5. The summed E-state index contributed by atoms with van der Waals surface area (Å²) in [6.45, 7) is 84.8. The number of aromatic amines is 2. The van der Waals surface area contributed by atoms with E-state index in [9.17, 15) is 4.79 Å². The summed E-state index contributed by atoms with van der Waals surface area (Å²) in [7, 11) is 0. The van der Waals surface area contributed by atoms with Crippen molar-refractivity contribution in [2.75, 3.05) is 13.1 Å². The van der Waals surface area contributed by atoms with E-state index in [4.69, 9.17) is 4.74 Å². The molecule has 6 aromatic rings. The van der Waals surface area contributed by atoms with Crippen molar-refractivity contribution < 1.29 is 9.53 Å². The third kappa shape index (κ3) is 37.3. The first kappa shape index (κ1) is 94.3. The van der Waals surface area contributed by atoms with E-state index in [-0.39, 0.29) is 66.2 Å². The first-order valence-electron chi connectivity index (χ1n) is 37.0. The average Bonchev–Trinajstić information content (AvgIpc) is 1.81. The number of nitrogens with zero attached hydrogens (tertiary/aromatic N) is 12. The van der Waals surface area contributed by atoms with Gasteiger partial charge in [0.1, 0.15) is 29.9 Å². The SMILES string of the molecule is CC(C)(C)C1C=CC(=O)O1.CC1=NC(C(C)(C)C)=CC1.CC1=NCC=C1C(C)(C)C.CC1=NCC=C1C(C)(C)C.Cc1cc(C(C)(C)C)ccn1.Cc1cc(C(C)(C)C)n[nH]1.Cc1cc(C(C)(C)C)ncn1.Cc1ccnc(C(C)(C)C)n1.Cc1ncc(C(C)(C)C)[nH]1.Cc1nccc(C(C)(C)C)n1. The summed E-state index contributed by atoms with van der Waals surface area (Å²) in [4.78, 5) is 60.3. The van der Waals surface area contributed by atoms with E-state index in [1.165, 1.54) is 51.3 Å². The topological polar surface area (TPSA) is 211 Å². The molecule has 0 fully saturated rings. The number of H-pyrrole nitrogens is 2. The minimum absolute atomic E-state index is 0.0304. The van der Waals surface area contributed by atoms with Gasteiger partial charge in [-0.3, -0.25) is 25.1 Å². The second kappa shape index (κ2) is 39.6. The highest BCUT2D eigenvalue weighted by Crippen LogP contribution is 2.32. The third-order valence-electron chi connectivity index (χ3n) is 16.1. The van der Waals surface area contributed by atoms with Gasteiger partial charge in [-0.15, -0.1) is 0 Å². The number of ether oxygens (including phenoxy) is 1. The number of hydrogen-bond acceptors (Lipinski definition) is 14. The number of cyclic esters (lactones) is 1. The molecule has 1 unspecified atom stereocenters. The van der Waals surface area contributed by atoms with Crippen molar-refractivity contribution in [3.63, 3.8) is 0 Å². The summed E-state index contributed by atoms with van der Waals surface area (Å²) < 4.78 is 4.98. The van der Waals surface area contributed by atoms with Crippen LogP contribution in [0.1, 0.15) is 303 Å². The first-order valence-corrected chi connectivity index (χ1v) is 37.0. The molecule has 0 bridgehead atoms. The molecule has 2 N–H and O–H groups in total. The fourth-order valence-electron chi connectivity index (χ4n) is 9.73. The number of carbonyl (C=O) groups is 1. The predicted octanol–water partition coefficient (Wildman–Crippen LogP) is 22.1. The standard InChI is InChI=1S/C10H15N.3C9H14N2.3C9H15N.2C8H14N2.C8H12O2/c1-8-7-9(5-6-11-8)10(2,3)4;1-7-5-8(9(2,3)4)11-6-10-7;1-7-10-6-5-8(11-7)9(2,3)4;1-7-5-6-10-8(11-7)9(2,3)4;2*1-7-8(5-6-10-7)9(2,3)4;1-7-5-6-8(10-7)9(2,3)4;1-6-9-5-7(10-6)8(2,3)4;1-6-5-7(10-9-6)8(2,3)4;1-8(2,3)6-4-5-7(9)10-6/h5-7H,1-4H3;3*5-6H,1-4H3;2*5H,6H2,1-4H3;6H,5H2,1-4H3;2*5H,1-4H3,(H,9,10);4-6H,1-3H3. The van der Waals surface area contributed by atoms with Gasteiger partial charge in [-0.2, -0.15) is 5.10 Å². The van der Waals surface area contributed by atoms with Crippen LogP contribution in [0.3, 0.4) is 0 Å². The molecule has 16 nitrogen and oxygen atoms in total. The van der Waals surface area contributed by atoms with Crippen LogP contribution < -0.4 is 0 Å². The molecule has 104 heavy (non-hydrogen) atoms. The van der Waals surface area contributed by atoms with E-state index in [1.54, 1.807) is 6.33 Å². The monoisotopic (exact) mass is 1430 g/mol. The Kier molecular flexibility index (Phi) is 35.9. The highest BCUT2D eigenvalue weighted by molar-refractivity contribution is 6.01. The molecule has 10 rings (SSSR count). The molecule has 0 saturated carbocycles. The van der Waals surface area contributed by atoms with Crippen LogP contribution in [-0.2, 0) is 42.0 Å².